The minimum atomic E-state index is -4.85. The second kappa shape index (κ2) is 104. The second-order valence-corrected chi connectivity index (χ2v) is 34.2. The number of hydrogen-bond donors (Lipinski definition) is 5. The second-order valence-electron chi connectivity index (χ2n) is 23.7. The van der Waals surface area contributed by atoms with Crippen molar-refractivity contribution in [3.8, 4) is 0 Å². The van der Waals surface area contributed by atoms with Crippen molar-refractivity contribution < 1.29 is 467 Å². The van der Waals surface area contributed by atoms with Crippen LogP contribution in [0, 0.1) is 13.8 Å². The molecule has 0 unspecified atom stereocenters. The van der Waals surface area contributed by atoms with Gasteiger partial charge >= 0.3 is 277 Å². The van der Waals surface area contributed by atoms with Crippen molar-refractivity contribution in [2.75, 3.05) is 185 Å². The predicted molar refractivity (Wildman–Crippen MR) is 410 cm³/mol. The first-order valence-corrected chi connectivity index (χ1v) is 48.6. The van der Waals surface area contributed by atoms with Gasteiger partial charge in [-0.1, -0.05) is 74.4 Å². The molecule has 1 amide bonds. The number of hydrogen-bond acceptors (Lipinski definition) is 46. The zero-order chi connectivity index (χ0) is 91.6. The number of aryl methyl sites for hydroxylation is 2. The minimum Gasteiger partial charge on any atom is -0.748 e. The van der Waals surface area contributed by atoms with Crippen LogP contribution in [-0.2, 0) is 156 Å². The average Bonchev–Trinajstić information content (AvgIpc) is 0.849. The van der Waals surface area contributed by atoms with Gasteiger partial charge in [0.2, 0.25) is 82.8 Å². The van der Waals surface area contributed by atoms with Crippen molar-refractivity contribution in [1.29, 1.82) is 0 Å². The zero-order valence-corrected chi connectivity index (χ0v) is 100. The number of aliphatic carboxylic acids is 1. The molecule has 0 fully saturated rings. The molecule has 0 aliphatic heterocycles. The van der Waals surface area contributed by atoms with E-state index in [1.807, 2.05) is 37.9 Å². The van der Waals surface area contributed by atoms with E-state index in [4.69, 9.17) is 28.8 Å². The molecule has 66 heteroatoms. The Labute approximate surface area is 966 Å². The van der Waals surface area contributed by atoms with Crippen LogP contribution >= 0.6 is 0 Å². The zero-order valence-electron chi connectivity index (χ0n) is 75.7. The standard InChI is InChI=1S/C18H30N2O9S.C14H24N2O7S2.C11H25NO5S.C6H14O7S2.C5H10O6S.C5H12O5S.C3H8O4S.K.Li.7Na/c1-16-2-4-17(5-3-16)18(21)20-7-6-19-8-9-25-10-11-26-12-13-27-14-15-28-29-30(22,23)24;1-13-3-5-14(6-4-13)24(17,18)16-8-2-7-15-9-10-22-11-12-23-25(19,20)21;1-12(9-11-17-18(13,14)15)8-6-4-3-5-7-10-16-2;7-14(8,9)6-4-2-1-3-5-13-15(10,11)12;6-5(7)3-1-2-4-11-12(8,9)10;6-4-2-1-3-5-10-11(7,8)9;1-2-3-7-8(4,5)6;;;;;;;;;/h2-5,19H,6-15H2,1H3,(H,20,21)(H,22,23,24);3-6,15-16H,2,7-12H2,1H3,(H,19,20,21);3-11H2,1-2H3,(H,13,14,15);1-6H2,(H,7,8,9)(H,10,11,12);1-4H2,(H,6,7)(H,8,9,10);6H,1-5H2,(H,7,8,9);2-3H2,1H3,(H,4,5,6);;;;;;;;;/q;;;;;;;9*+1/p-9. The van der Waals surface area contributed by atoms with Crippen molar-refractivity contribution in [3.63, 3.8) is 0 Å². The number of carboxylic acids is 1. The Morgan fingerprint density at radius 1 is 0.391 bits per heavy atom. The van der Waals surface area contributed by atoms with E-state index >= 15 is 0 Å². The molecule has 2 aromatic rings. The van der Waals surface area contributed by atoms with Crippen molar-refractivity contribution in [3.05, 3.63) is 65.2 Å². The summed E-state index contributed by atoms with van der Waals surface area (Å²) in [6, 6.07) is 14.0. The molecular formula is C62H114KLiN5Na7O43S9. The van der Waals surface area contributed by atoms with E-state index in [1.54, 1.807) is 50.4 Å². The maximum Gasteiger partial charge on any atom is 1.00 e. The number of carbonyl (C=O) groups excluding carboxylic acids is 2. The van der Waals surface area contributed by atoms with Gasteiger partial charge in [-0.25, -0.2) is 85.4 Å². The number of rotatable bonds is 66. The number of unbranched alkanes of at least 4 members (excludes halogenated alkanes) is 10. The monoisotopic (exact) mass is 2110 g/mol. The first kappa shape index (κ1) is 164. The van der Waals surface area contributed by atoms with Crippen LogP contribution in [0.25, 0.3) is 0 Å². The van der Waals surface area contributed by atoms with Gasteiger partial charge in [0.1, 0.15) is 6.61 Å². The van der Waals surface area contributed by atoms with Gasteiger partial charge in [-0.15, -0.1) is 4.33 Å². The van der Waals surface area contributed by atoms with Gasteiger partial charge < -0.3 is 96.0 Å². The number of aliphatic hydroxyl groups is 1. The molecule has 2 rings (SSSR count). The number of aliphatic hydroxyl groups excluding tert-OH is 1. The molecule has 0 radical (unpaired) electrons. The van der Waals surface area contributed by atoms with Gasteiger partial charge in [-0.05, 0) is 135 Å². The molecule has 0 aliphatic carbocycles. The average molecular weight is 2110 g/mol. The summed E-state index contributed by atoms with van der Waals surface area (Å²) in [7, 11) is -36.4. The van der Waals surface area contributed by atoms with Crippen LogP contribution in [0.2, 0.25) is 0 Å². The van der Waals surface area contributed by atoms with Crippen molar-refractivity contribution in [2.24, 2.45) is 0 Å². The first-order valence-electron chi connectivity index (χ1n) is 36.2. The summed E-state index contributed by atoms with van der Waals surface area (Å²) in [5.41, 5.74) is 2.75. The molecule has 0 saturated heterocycles. The summed E-state index contributed by atoms with van der Waals surface area (Å²) in [6.07, 6.45) is 10.3. The van der Waals surface area contributed by atoms with Gasteiger partial charge in [0.25, 0.3) is 5.91 Å². The number of sulfonamides is 1. The Kier molecular flexibility index (Phi) is 132. The van der Waals surface area contributed by atoms with Gasteiger partial charge in [-0.3, -0.25) is 29.9 Å². The number of amides is 1. The molecule has 2 aromatic carbocycles. The Morgan fingerprint density at radius 2 is 0.758 bits per heavy atom. The topological polar surface area (TPSA) is 741 Å². The van der Waals surface area contributed by atoms with E-state index in [9.17, 15) is 127 Å². The number of methoxy groups -OCH3 is 1. The smallest absolute Gasteiger partial charge is 0.748 e. The van der Waals surface area contributed by atoms with Gasteiger partial charge in [0.05, 0.1) is 108 Å². The quantitative estimate of drug-likeness (QED) is 0.0103. The van der Waals surface area contributed by atoms with Crippen LogP contribution in [0.4, 0.5) is 0 Å². The van der Waals surface area contributed by atoms with Crippen LogP contribution in [0.5, 0.6) is 0 Å². The first-order chi connectivity index (χ1) is 55.3. The van der Waals surface area contributed by atoms with Crippen molar-refractivity contribution in [2.45, 2.75) is 135 Å². The molecule has 48 nitrogen and oxygen atoms in total. The summed E-state index contributed by atoms with van der Waals surface area (Å²) in [5, 5.41) is 27.2. The van der Waals surface area contributed by atoms with E-state index in [1.165, 1.54) is 12.8 Å². The third-order valence-corrected chi connectivity index (χ3v) is 18.4. The maximum absolute atomic E-state index is 12.0. The SMILES string of the molecule is CCCOS(=O)(=O)[O-].COCCCCCCCN(C)CCOS(=O)(=O)[O-].Cc1ccc(C(=O)NCCNCCOCCOCCOCCOOS(=O)(=O)[O-])cc1.Cc1ccc(S(=O)(=O)NCCCNCCOCCOS(=O)(=O)[O-])cc1.O=C([O-])CCCCOS(=O)(=O)[O-].O=S(=O)([O-])CCCCCCOS(=O)(=O)[O-].O=S(=O)([O-])OCCCCCO.[K+].[Li+].[Na+].[Na+].[Na+].[Na+].[Na+].[Na+].[Na+]. The third kappa shape index (κ3) is 149. The molecule has 0 aliphatic rings. The van der Waals surface area contributed by atoms with Gasteiger partial charge in [0, 0.05) is 76.9 Å². The Balaban J connectivity index is -0.000000101. The van der Waals surface area contributed by atoms with Gasteiger partial charge in [-0.2, -0.15) is 0 Å². The van der Waals surface area contributed by atoms with Crippen molar-refractivity contribution in [1.82, 2.24) is 25.6 Å². The molecule has 0 spiro atoms. The Morgan fingerprint density at radius 3 is 1.17 bits per heavy atom. The van der Waals surface area contributed by atoms with E-state index in [2.05, 4.69) is 55.0 Å². The van der Waals surface area contributed by atoms with Crippen LogP contribution in [0.1, 0.15) is 138 Å². The van der Waals surface area contributed by atoms with E-state index in [-0.39, 0.29) is 386 Å². The molecule has 0 saturated carbocycles. The van der Waals surface area contributed by atoms with Crippen LogP contribution in [-0.4, -0.2) is 319 Å². The normalized spacial score (nSPS) is 11.2. The summed E-state index contributed by atoms with van der Waals surface area (Å²) in [4.78, 5) is 28.1. The minimum absolute atomic E-state index is 0. The largest absolute Gasteiger partial charge is 1.00 e. The molecule has 0 heterocycles. The number of ether oxygens (including phenoxy) is 5. The maximum atomic E-state index is 12.0. The molecule has 0 bridgehead atoms. The summed E-state index contributed by atoms with van der Waals surface area (Å²) in [6.45, 7) is 12.2. The molecule has 708 valence electrons. The number of nitrogens with one attached hydrogen (secondary N) is 4. The third-order valence-electron chi connectivity index (χ3n) is 13.1. The summed E-state index contributed by atoms with van der Waals surface area (Å²) < 4.78 is 319. The summed E-state index contributed by atoms with van der Waals surface area (Å²) in [5.74, 6) is -1.72. The number of carbonyl (C=O) groups is 2. The van der Waals surface area contributed by atoms with Crippen LogP contribution in [0.15, 0.2) is 53.4 Å². The van der Waals surface area contributed by atoms with E-state index < -0.39 is 105 Å². The number of likely N-dealkylation sites (N-methyl/N-ethyl adjacent to an activating group) is 1. The van der Waals surface area contributed by atoms with Crippen LogP contribution in [0.3, 0.4) is 0 Å². The fourth-order valence-electron chi connectivity index (χ4n) is 7.59. The van der Waals surface area contributed by atoms with E-state index in [0.717, 1.165) is 43.5 Å². The molecule has 0 atom stereocenters. The molecule has 0 aromatic heterocycles. The number of carboxylic acid groups (broad SMARTS) is 1. The Hall–Kier alpha value is 5.12. The molecular weight excluding hydrogens is 2000 g/mol. The van der Waals surface area contributed by atoms with Crippen LogP contribution < -0.4 is 303 Å². The van der Waals surface area contributed by atoms with Gasteiger partial charge in [0.15, 0.2) is 0 Å². The van der Waals surface area contributed by atoms with Crippen molar-refractivity contribution >= 4 is 105 Å². The molecule has 128 heavy (non-hydrogen) atoms. The predicted octanol–water partition coefficient (Wildman–Crippen LogP) is -29.0. The number of benzene rings is 2. The fourth-order valence-corrected chi connectivity index (χ4v) is 11.3. The molecule has 5 N–H and O–H groups in total. The van der Waals surface area contributed by atoms with E-state index in [0.29, 0.717) is 136 Å². The Bertz CT molecular complexity index is 3940. The number of nitrogens with zero attached hydrogens (tertiary/aromatic N) is 1. The summed E-state index contributed by atoms with van der Waals surface area (Å²) >= 11 is 0. The fraction of sp³-hybridized carbons (Fsp3) is 0.774.